The van der Waals surface area contributed by atoms with Crippen molar-refractivity contribution in [3.05, 3.63) is 23.9 Å². The molecule has 0 bridgehead atoms. The van der Waals surface area contributed by atoms with Crippen molar-refractivity contribution < 1.29 is 0 Å². The number of nitrogens with two attached hydrogens (primary N) is 1. The van der Waals surface area contributed by atoms with Gasteiger partial charge in [0, 0.05) is 18.8 Å². The Balaban J connectivity index is 1.91. The minimum Gasteiger partial charge on any atom is -0.367 e. The van der Waals surface area contributed by atoms with E-state index in [0.29, 0.717) is 12.6 Å². The second-order valence-electron chi connectivity index (χ2n) is 4.59. The zero-order chi connectivity index (χ0) is 11.2. The molecule has 0 spiro atoms. The van der Waals surface area contributed by atoms with Crippen LogP contribution >= 0.6 is 0 Å². The molecule has 1 aliphatic carbocycles. The quantitative estimate of drug-likeness (QED) is 0.768. The highest BCUT2D eigenvalue weighted by atomic mass is 15.0. The lowest BCUT2D eigenvalue weighted by Crippen LogP contribution is -2.19. The van der Waals surface area contributed by atoms with Crippen molar-refractivity contribution in [3.8, 4) is 0 Å². The van der Waals surface area contributed by atoms with Crippen molar-refractivity contribution in [2.24, 2.45) is 5.73 Å². The molecule has 0 aliphatic heterocycles. The summed E-state index contributed by atoms with van der Waals surface area (Å²) in [5.74, 6) is 0.990. The fraction of sp³-hybridized carbons (Fsp3) is 0.615. The van der Waals surface area contributed by atoms with Crippen LogP contribution in [0.2, 0.25) is 0 Å². The molecule has 3 N–H and O–H groups in total. The van der Waals surface area contributed by atoms with Crippen molar-refractivity contribution in [2.75, 3.05) is 5.32 Å². The maximum absolute atomic E-state index is 5.54. The third-order valence-corrected chi connectivity index (χ3v) is 3.27. The maximum Gasteiger partial charge on any atom is 0.126 e. The Morgan fingerprint density at radius 1 is 1.19 bits per heavy atom. The van der Waals surface area contributed by atoms with Crippen LogP contribution in [-0.4, -0.2) is 11.0 Å². The molecule has 1 heterocycles. The zero-order valence-electron chi connectivity index (χ0n) is 9.78. The van der Waals surface area contributed by atoms with E-state index >= 15 is 0 Å². The first-order valence-electron chi connectivity index (χ1n) is 6.30. The molecule has 3 nitrogen and oxygen atoms in total. The van der Waals surface area contributed by atoms with Crippen LogP contribution in [0.3, 0.4) is 0 Å². The van der Waals surface area contributed by atoms with Gasteiger partial charge < -0.3 is 11.1 Å². The van der Waals surface area contributed by atoms with Gasteiger partial charge in [0.15, 0.2) is 0 Å². The van der Waals surface area contributed by atoms with Crippen LogP contribution in [-0.2, 0) is 6.54 Å². The number of nitrogens with one attached hydrogen (secondary N) is 1. The summed E-state index contributed by atoms with van der Waals surface area (Å²) in [5.41, 5.74) is 6.63. The molecule has 1 fully saturated rings. The van der Waals surface area contributed by atoms with E-state index in [0.717, 1.165) is 11.4 Å². The predicted molar refractivity (Wildman–Crippen MR) is 67.2 cm³/mol. The normalized spacial score (nSPS) is 18.1. The highest BCUT2D eigenvalue weighted by Gasteiger charge is 2.11. The first-order valence-corrected chi connectivity index (χ1v) is 6.30. The summed E-state index contributed by atoms with van der Waals surface area (Å²) in [6.07, 6.45) is 9.88. The number of nitrogens with zero attached hydrogens (tertiary/aromatic N) is 1. The van der Waals surface area contributed by atoms with Gasteiger partial charge >= 0.3 is 0 Å². The van der Waals surface area contributed by atoms with Gasteiger partial charge in [0.25, 0.3) is 0 Å². The van der Waals surface area contributed by atoms with Crippen LogP contribution in [0.15, 0.2) is 18.3 Å². The van der Waals surface area contributed by atoms with E-state index < -0.39 is 0 Å². The minimum atomic E-state index is 0.566. The Hall–Kier alpha value is -1.09. The molecule has 1 aromatic heterocycles. The Kier molecular flexibility index (Phi) is 4.17. The maximum atomic E-state index is 5.54. The highest BCUT2D eigenvalue weighted by Crippen LogP contribution is 2.20. The Labute approximate surface area is 97.5 Å². The van der Waals surface area contributed by atoms with E-state index in [4.69, 9.17) is 5.73 Å². The van der Waals surface area contributed by atoms with Crippen LogP contribution in [0, 0.1) is 0 Å². The molecule has 1 aliphatic rings. The van der Waals surface area contributed by atoms with E-state index in [1.165, 1.54) is 38.5 Å². The van der Waals surface area contributed by atoms with Gasteiger partial charge in [-0.25, -0.2) is 4.98 Å². The molecular weight excluding hydrogens is 198 g/mol. The van der Waals surface area contributed by atoms with Gasteiger partial charge in [0.2, 0.25) is 0 Å². The molecule has 1 saturated carbocycles. The number of anilines is 1. The molecule has 0 unspecified atom stereocenters. The molecular formula is C13H21N3. The number of rotatable bonds is 3. The van der Waals surface area contributed by atoms with Gasteiger partial charge in [-0.15, -0.1) is 0 Å². The second kappa shape index (κ2) is 5.85. The summed E-state index contributed by atoms with van der Waals surface area (Å²) in [6, 6.07) is 4.69. The van der Waals surface area contributed by atoms with Crippen LogP contribution in [0.5, 0.6) is 0 Å². The molecule has 0 radical (unpaired) electrons. The zero-order valence-corrected chi connectivity index (χ0v) is 9.78. The van der Waals surface area contributed by atoms with Crippen molar-refractivity contribution in [3.63, 3.8) is 0 Å². The van der Waals surface area contributed by atoms with Crippen LogP contribution < -0.4 is 11.1 Å². The number of pyridine rings is 1. The SMILES string of the molecule is NCc1ccc(NC2CCCCCC2)nc1. The number of hydrogen-bond acceptors (Lipinski definition) is 3. The Bertz CT molecular complexity index is 299. The minimum absolute atomic E-state index is 0.566. The Morgan fingerprint density at radius 2 is 1.94 bits per heavy atom. The molecule has 3 heteroatoms. The predicted octanol–water partition coefficient (Wildman–Crippen LogP) is 2.68. The second-order valence-corrected chi connectivity index (χ2v) is 4.59. The molecule has 0 amide bonds. The van der Waals surface area contributed by atoms with Gasteiger partial charge in [-0.2, -0.15) is 0 Å². The van der Waals surface area contributed by atoms with Crippen molar-refractivity contribution >= 4 is 5.82 Å². The first-order chi connectivity index (χ1) is 7.88. The summed E-state index contributed by atoms with van der Waals surface area (Å²) in [5, 5.41) is 3.52. The summed E-state index contributed by atoms with van der Waals surface area (Å²) >= 11 is 0. The van der Waals surface area contributed by atoms with Crippen molar-refractivity contribution in [2.45, 2.75) is 51.1 Å². The smallest absolute Gasteiger partial charge is 0.126 e. The van der Waals surface area contributed by atoms with Crippen LogP contribution in [0.1, 0.15) is 44.1 Å². The van der Waals surface area contributed by atoms with E-state index in [1.807, 2.05) is 18.3 Å². The van der Waals surface area contributed by atoms with E-state index in [-0.39, 0.29) is 0 Å². The average Bonchev–Trinajstić information content (AvgIpc) is 2.59. The lowest BCUT2D eigenvalue weighted by molar-refractivity contribution is 0.617. The fourth-order valence-corrected chi connectivity index (χ4v) is 2.26. The summed E-state index contributed by atoms with van der Waals surface area (Å²) in [4.78, 5) is 4.38. The molecule has 0 atom stereocenters. The monoisotopic (exact) mass is 219 g/mol. The first kappa shape index (κ1) is 11.4. The largest absolute Gasteiger partial charge is 0.367 e. The number of hydrogen-bond donors (Lipinski definition) is 2. The lowest BCUT2D eigenvalue weighted by atomic mass is 10.1. The average molecular weight is 219 g/mol. The molecule has 1 aromatic rings. The van der Waals surface area contributed by atoms with Crippen molar-refractivity contribution in [1.82, 2.24) is 4.98 Å². The standard InChI is InChI=1S/C13H21N3/c14-9-11-7-8-13(15-10-11)16-12-5-3-1-2-4-6-12/h7-8,10,12H,1-6,9,14H2,(H,15,16). The van der Waals surface area contributed by atoms with Gasteiger partial charge in [0.1, 0.15) is 5.82 Å². The fourth-order valence-electron chi connectivity index (χ4n) is 2.26. The van der Waals surface area contributed by atoms with E-state index in [9.17, 15) is 0 Å². The van der Waals surface area contributed by atoms with Gasteiger partial charge in [-0.3, -0.25) is 0 Å². The van der Waals surface area contributed by atoms with Gasteiger partial charge in [-0.05, 0) is 24.5 Å². The van der Waals surface area contributed by atoms with Crippen LogP contribution in [0.25, 0.3) is 0 Å². The summed E-state index contributed by atoms with van der Waals surface area (Å²) < 4.78 is 0. The molecule has 0 aromatic carbocycles. The van der Waals surface area contributed by atoms with Crippen LogP contribution in [0.4, 0.5) is 5.82 Å². The summed E-state index contributed by atoms with van der Waals surface area (Å²) in [6.45, 7) is 0.566. The molecule has 0 saturated heterocycles. The van der Waals surface area contributed by atoms with E-state index in [1.54, 1.807) is 0 Å². The van der Waals surface area contributed by atoms with Gasteiger partial charge in [-0.1, -0.05) is 31.7 Å². The lowest BCUT2D eigenvalue weighted by Gasteiger charge is -2.16. The third kappa shape index (κ3) is 3.20. The topological polar surface area (TPSA) is 50.9 Å². The third-order valence-electron chi connectivity index (χ3n) is 3.27. The molecule has 88 valence electrons. The van der Waals surface area contributed by atoms with Gasteiger partial charge in [0.05, 0.1) is 0 Å². The summed E-state index contributed by atoms with van der Waals surface area (Å²) in [7, 11) is 0. The van der Waals surface area contributed by atoms with Crippen molar-refractivity contribution in [1.29, 1.82) is 0 Å². The number of aromatic nitrogens is 1. The van der Waals surface area contributed by atoms with E-state index in [2.05, 4.69) is 10.3 Å². The Morgan fingerprint density at radius 3 is 2.50 bits per heavy atom. The molecule has 2 rings (SSSR count). The highest BCUT2D eigenvalue weighted by molar-refractivity contribution is 5.36. The molecule has 16 heavy (non-hydrogen) atoms.